The van der Waals surface area contributed by atoms with E-state index in [4.69, 9.17) is 0 Å². The molecule has 0 N–H and O–H groups in total. The summed E-state index contributed by atoms with van der Waals surface area (Å²) in [6.45, 7) is 0. The topological polar surface area (TPSA) is 63.7 Å². The predicted octanol–water partition coefficient (Wildman–Crippen LogP) is 0.844. The van der Waals surface area contributed by atoms with E-state index in [1.54, 1.807) is 24.3 Å². The molecule has 0 saturated heterocycles. The summed E-state index contributed by atoms with van der Waals surface area (Å²) in [5.74, 6) is -1.35. The molecule has 5 nitrogen and oxygen atoms in total. The summed E-state index contributed by atoms with van der Waals surface area (Å²) < 4.78 is 4.62. The zero-order chi connectivity index (χ0) is 12.9. The van der Waals surface area contributed by atoms with E-state index in [1.165, 1.54) is 12.0 Å². The fourth-order valence-corrected chi connectivity index (χ4v) is 2.38. The molecule has 1 aromatic carbocycles. The number of imide groups is 1. The van der Waals surface area contributed by atoms with Gasteiger partial charge in [0.15, 0.2) is 0 Å². The zero-order valence-electron chi connectivity index (χ0n) is 9.75. The van der Waals surface area contributed by atoms with Crippen LogP contribution in [0.4, 0.5) is 0 Å². The van der Waals surface area contributed by atoms with E-state index in [2.05, 4.69) is 4.74 Å². The van der Waals surface area contributed by atoms with Crippen molar-refractivity contribution in [3.8, 4) is 0 Å². The third-order valence-corrected chi connectivity index (χ3v) is 3.42. The highest BCUT2D eigenvalue weighted by molar-refractivity contribution is 6.22. The molecule has 2 atom stereocenters. The molecule has 2 unspecified atom stereocenters. The monoisotopic (exact) mass is 245 g/mol. The van der Waals surface area contributed by atoms with Crippen molar-refractivity contribution in [3.63, 3.8) is 0 Å². The van der Waals surface area contributed by atoms with Gasteiger partial charge in [-0.05, 0) is 18.6 Å². The van der Waals surface area contributed by atoms with Gasteiger partial charge in [-0.1, -0.05) is 12.1 Å². The summed E-state index contributed by atoms with van der Waals surface area (Å²) in [5, 5.41) is 0. The van der Waals surface area contributed by atoms with Gasteiger partial charge < -0.3 is 4.74 Å². The molecule has 18 heavy (non-hydrogen) atoms. The summed E-state index contributed by atoms with van der Waals surface area (Å²) in [6.07, 6.45) is 0.498. The molecule has 92 valence electrons. The van der Waals surface area contributed by atoms with Crippen molar-refractivity contribution in [1.82, 2.24) is 4.90 Å². The third-order valence-electron chi connectivity index (χ3n) is 3.42. The maximum absolute atomic E-state index is 12.1. The number of benzene rings is 1. The lowest BCUT2D eigenvalue weighted by Gasteiger charge is -2.12. The number of hydrogen-bond acceptors (Lipinski definition) is 4. The third kappa shape index (κ3) is 1.37. The van der Waals surface area contributed by atoms with Crippen molar-refractivity contribution in [3.05, 3.63) is 35.4 Å². The molecule has 0 bridgehead atoms. The SMILES string of the molecule is COC(=O)C1CC1N1C(=O)c2ccccc2C1=O. The average molecular weight is 245 g/mol. The van der Waals surface area contributed by atoms with Gasteiger partial charge in [0.25, 0.3) is 11.8 Å². The first-order valence-corrected chi connectivity index (χ1v) is 5.70. The van der Waals surface area contributed by atoms with Crippen molar-refractivity contribution in [2.45, 2.75) is 12.5 Å². The van der Waals surface area contributed by atoms with Gasteiger partial charge in [-0.2, -0.15) is 0 Å². The Morgan fingerprint density at radius 1 is 1.22 bits per heavy atom. The quantitative estimate of drug-likeness (QED) is 0.572. The molecule has 1 aromatic rings. The highest BCUT2D eigenvalue weighted by atomic mass is 16.5. The molecular weight excluding hydrogens is 234 g/mol. The predicted molar refractivity (Wildman–Crippen MR) is 60.9 cm³/mol. The van der Waals surface area contributed by atoms with Crippen molar-refractivity contribution in [1.29, 1.82) is 0 Å². The van der Waals surface area contributed by atoms with Crippen LogP contribution in [-0.4, -0.2) is 35.8 Å². The number of hydrogen-bond donors (Lipinski definition) is 0. The Balaban J connectivity index is 1.88. The van der Waals surface area contributed by atoms with Gasteiger partial charge in [0, 0.05) is 0 Å². The second-order valence-corrected chi connectivity index (χ2v) is 4.46. The van der Waals surface area contributed by atoms with Crippen LogP contribution in [0.25, 0.3) is 0 Å². The van der Waals surface area contributed by atoms with Crippen LogP contribution < -0.4 is 0 Å². The number of amides is 2. The second-order valence-electron chi connectivity index (χ2n) is 4.46. The van der Waals surface area contributed by atoms with E-state index < -0.39 is 0 Å². The highest BCUT2D eigenvalue weighted by Gasteiger charge is 2.54. The molecule has 1 fully saturated rings. The van der Waals surface area contributed by atoms with Crippen LogP contribution in [0.1, 0.15) is 27.1 Å². The lowest BCUT2D eigenvalue weighted by molar-refractivity contribution is -0.142. The number of ether oxygens (including phenoxy) is 1. The molecule has 0 spiro atoms. The van der Waals surface area contributed by atoms with Crippen molar-refractivity contribution in [2.75, 3.05) is 7.11 Å². The van der Waals surface area contributed by atoms with E-state index >= 15 is 0 Å². The lowest BCUT2D eigenvalue weighted by atomic mass is 10.1. The molecule has 2 aliphatic rings. The van der Waals surface area contributed by atoms with Crippen LogP contribution in [0.2, 0.25) is 0 Å². The summed E-state index contributed by atoms with van der Waals surface area (Å²) in [7, 11) is 1.31. The minimum absolute atomic E-state index is 0.313. The van der Waals surface area contributed by atoms with Crippen LogP contribution >= 0.6 is 0 Å². The number of nitrogens with zero attached hydrogens (tertiary/aromatic N) is 1. The van der Waals surface area contributed by atoms with E-state index in [0.29, 0.717) is 17.5 Å². The number of carbonyl (C=O) groups is 3. The van der Waals surface area contributed by atoms with Crippen molar-refractivity contribution >= 4 is 17.8 Å². The largest absolute Gasteiger partial charge is 0.469 e. The van der Waals surface area contributed by atoms with E-state index in [9.17, 15) is 14.4 Å². The highest BCUT2D eigenvalue weighted by Crippen LogP contribution is 2.40. The van der Waals surface area contributed by atoms with E-state index in [1.807, 2.05) is 0 Å². The molecule has 3 rings (SSSR count). The number of carbonyl (C=O) groups excluding carboxylic acids is 3. The van der Waals surface area contributed by atoms with Gasteiger partial charge in [0.05, 0.1) is 30.2 Å². The molecular formula is C13H11NO4. The Labute approximate surface area is 103 Å². The van der Waals surface area contributed by atoms with Crippen LogP contribution in [0.3, 0.4) is 0 Å². The molecule has 1 aliphatic carbocycles. The molecule has 5 heteroatoms. The molecule has 0 radical (unpaired) electrons. The maximum Gasteiger partial charge on any atom is 0.310 e. The van der Waals surface area contributed by atoms with E-state index in [0.717, 1.165) is 0 Å². The average Bonchev–Trinajstić information content (AvgIpc) is 3.13. The Bertz CT molecular complexity index is 531. The van der Waals surface area contributed by atoms with Gasteiger partial charge in [-0.25, -0.2) is 0 Å². The summed E-state index contributed by atoms with van der Waals surface area (Å²) in [5.41, 5.74) is 0.830. The van der Waals surface area contributed by atoms with Crippen molar-refractivity contribution in [2.24, 2.45) is 5.92 Å². The van der Waals surface area contributed by atoms with E-state index in [-0.39, 0.29) is 29.7 Å². The van der Waals surface area contributed by atoms with Crippen LogP contribution in [0, 0.1) is 5.92 Å². The van der Waals surface area contributed by atoms with Crippen molar-refractivity contribution < 1.29 is 19.1 Å². The smallest absolute Gasteiger partial charge is 0.310 e. The van der Waals surface area contributed by atoms with Gasteiger partial charge in [-0.15, -0.1) is 0 Å². The zero-order valence-corrected chi connectivity index (χ0v) is 9.75. The Morgan fingerprint density at radius 3 is 2.28 bits per heavy atom. The van der Waals surface area contributed by atoms with Gasteiger partial charge in [0.1, 0.15) is 0 Å². The number of rotatable bonds is 2. The molecule has 0 aromatic heterocycles. The normalized spacial score (nSPS) is 25.1. The Hall–Kier alpha value is -2.17. The number of methoxy groups -OCH3 is 1. The fourth-order valence-electron chi connectivity index (χ4n) is 2.38. The minimum Gasteiger partial charge on any atom is -0.469 e. The first-order chi connectivity index (χ1) is 8.65. The first-order valence-electron chi connectivity index (χ1n) is 5.70. The minimum atomic E-state index is -0.364. The van der Waals surface area contributed by atoms with Crippen LogP contribution in [-0.2, 0) is 9.53 Å². The second kappa shape index (κ2) is 3.66. The van der Waals surface area contributed by atoms with Gasteiger partial charge >= 0.3 is 5.97 Å². The molecule has 2 amide bonds. The molecule has 1 saturated carbocycles. The molecule has 1 heterocycles. The summed E-state index contributed by atoms with van der Waals surface area (Å²) in [4.78, 5) is 36.7. The number of fused-ring (bicyclic) bond motifs is 1. The Kier molecular flexibility index (Phi) is 2.23. The summed E-state index contributed by atoms with van der Waals surface area (Å²) in [6, 6.07) is 6.36. The maximum atomic E-state index is 12.1. The van der Waals surface area contributed by atoms with Crippen LogP contribution in [0.15, 0.2) is 24.3 Å². The van der Waals surface area contributed by atoms with Gasteiger partial charge in [-0.3, -0.25) is 19.3 Å². The van der Waals surface area contributed by atoms with Crippen LogP contribution in [0.5, 0.6) is 0 Å². The lowest BCUT2D eigenvalue weighted by Crippen LogP contribution is -2.34. The Morgan fingerprint density at radius 2 is 1.78 bits per heavy atom. The fraction of sp³-hybridized carbons (Fsp3) is 0.308. The molecule has 1 aliphatic heterocycles. The summed E-state index contributed by atoms with van der Waals surface area (Å²) >= 11 is 0. The first kappa shape index (κ1) is 11.0. The standard InChI is InChI=1S/C13H11NO4/c1-18-13(17)9-6-10(9)14-11(15)7-4-2-3-5-8(7)12(14)16/h2-5,9-10H,6H2,1H3. The van der Waals surface area contributed by atoms with Gasteiger partial charge in [0.2, 0.25) is 0 Å². The number of esters is 1.